The van der Waals surface area contributed by atoms with E-state index in [0.29, 0.717) is 12.1 Å². The summed E-state index contributed by atoms with van der Waals surface area (Å²) >= 11 is 6.07. The molecule has 1 heterocycles. The minimum atomic E-state index is 0.366. The molecule has 0 saturated heterocycles. The highest BCUT2D eigenvalue weighted by Crippen LogP contribution is 2.27. The quantitative estimate of drug-likeness (QED) is 0.883. The highest BCUT2D eigenvalue weighted by Gasteiger charge is 2.18. The number of nitrogens with zero attached hydrogens (tertiary/aromatic N) is 1. The summed E-state index contributed by atoms with van der Waals surface area (Å²) in [4.78, 5) is 4.31. The number of aromatic nitrogens is 1. The van der Waals surface area contributed by atoms with Crippen molar-refractivity contribution in [1.29, 1.82) is 0 Å². The fraction of sp³-hybridized carbons (Fsp3) is 0.400. The van der Waals surface area contributed by atoms with Crippen LogP contribution in [0.2, 0.25) is 5.02 Å². The molecule has 99 valence electrons. The standard InChI is InChI=1S/C15H17ClN3/c16-10-1-6-14-13(9-10)15(7-8-18-14)19-12-4-2-11(17)3-5-12/h1,6,8-9,11-12H,2-5,17H2,(H,18,19)/t11-,12-. The topological polar surface area (TPSA) is 50.9 Å². The number of hydrogen-bond donors (Lipinski definition) is 2. The van der Waals surface area contributed by atoms with Crippen LogP contribution in [0.15, 0.2) is 24.4 Å². The Kier molecular flexibility index (Phi) is 3.58. The van der Waals surface area contributed by atoms with E-state index >= 15 is 0 Å². The molecule has 1 aromatic carbocycles. The first-order valence-electron chi connectivity index (χ1n) is 6.70. The van der Waals surface area contributed by atoms with E-state index < -0.39 is 0 Å². The van der Waals surface area contributed by atoms with Crippen molar-refractivity contribution in [2.24, 2.45) is 5.73 Å². The summed E-state index contributed by atoms with van der Waals surface area (Å²) in [5, 5.41) is 5.32. The van der Waals surface area contributed by atoms with Crippen molar-refractivity contribution < 1.29 is 0 Å². The van der Waals surface area contributed by atoms with E-state index in [0.717, 1.165) is 47.3 Å². The number of halogens is 1. The summed E-state index contributed by atoms with van der Waals surface area (Å²) in [6.07, 6.45) is 6.11. The number of benzene rings is 1. The van der Waals surface area contributed by atoms with E-state index in [4.69, 9.17) is 17.3 Å². The second kappa shape index (κ2) is 5.35. The van der Waals surface area contributed by atoms with Gasteiger partial charge in [-0.15, -0.1) is 0 Å². The molecular formula is C15H17ClN3. The maximum absolute atomic E-state index is 6.07. The van der Waals surface area contributed by atoms with Gasteiger partial charge < -0.3 is 11.1 Å². The summed E-state index contributed by atoms with van der Waals surface area (Å²) in [6, 6.07) is 9.77. The Labute approximate surface area is 118 Å². The Hall–Kier alpha value is -1.32. The number of nitrogens with one attached hydrogen (secondary N) is 1. The molecule has 19 heavy (non-hydrogen) atoms. The van der Waals surface area contributed by atoms with Crippen molar-refractivity contribution in [2.75, 3.05) is 5.32 Å². The number of nitrogens with two attached hydrogens (primary N) is 1. The average Bonchev–Trinajstić information content (AvgIpc) is 2.42. The molecule has 1 radical (unpaired) electrons. The van der Waals surface area contributed by atoms with E-state index in [1.165, 1.54) is 0 Å². The van der Waals surface area contributed by atoms with Gasteiger partial charge in [0.1, 0.15) is 0 Å². The Morgan fingerprint density at radius 2 is 2.05 bits per heavy atom. The predicted molar refractivity (Wildman–Crippen MR) is 79.4 cm³/mol. The van der Waals surface area contributed by atoms with Crippen LogP contribution in [0.25, 0.3) is 10.9 Å². The van der Waals surface area contributed by atoms with Gasteiger partial charge in [-0.1, -0.05) is 11.6 Å². The summed E-state index contributed by atoms with van der Waals surface area (Å²) < 4.78 is 0. The van der Waals surface area contributed by atoms with Gasteiger partial charge in [0.2, 0.25) is 0 Å². The zero-order chi connectivity index (χ0) is 13.2. The fourth-order valence-electron chi connectivity index (χ4n) is 2.65. The third-order valence-corrected chi connectivity index (χ3v) is 4.00. The molecule has 4 heteroatoms. The number of hydrogen-bond acceptors (Lipinski definition) is 3. The third kappa shape index (κ3) is 2.82. The van der Waals surface area contributed by atoms with Gasteiger partial charge in [0, 0.05) is 34.8 Å². The minimum Gasteiger partial charge on any atom is -0.381 e. The van der Waals surface area contributed by atoms with Gasteiger partial charge >= 0.3 is 0 Å². The molecule has 1 aromatic heterocycles. The average molecular weight is 275 g/mol. The SMILES string of the molecule is N[C@H]1CC[C@H](Nc2[c]cnc3ccc(Cl)cc23)CC1. The van der Waals surface area contributed by atoms with Crippen LogP contribution >= 0.6 is 11.6 Å². The lowest BCUT2D eigenvalue weighted by molar-refractivity contribution is 0.411. The largest absolute Gasteiger partial charge is 0.381 e. The van der Waals surface area contributed by atoms with Crippen LogP contribution in [0, 0.1) is 6.07 Å². The Bertz CT molecular complexity index is 577. The summed E-state index contributed by atoms with van der Waals surface area (Å²) in [5.41, 5.74) is 7.87. The first kappa shape index (κ1) is 12.7. The van der Waals surface area contributed by atoms with Crippen molar-refractivity contribution in [3.8, 4) is 0 Å². The molecule has 3 rings (SSSR count). The number of anilines is 1. The van der Waals surface area contributed by atoms with Crippen LogP contribution in [-0.2, 0) is 0 Å². The van der Waals surface area contributed by atoms with Crippen molar-refractivity contribution >= 4 is 28.2 Å². The van der Waals surface area contributed by atoms with Crippen molar-refractivity contribution in [3.05, 3.63) is 35.5 Å². The molecule has 2 aromatic rings. The molecule has 1 saturated carbocycles. The third-order valence-electron chi connectivity index (χ3n) is 3.76. The highest BCUT2D eigenvalue weighted by atomic mass is 35.5. The molecule has 0 unspecified atom stereocenters. The molecular weight excluding hydrogens is 258 g/mol. The molecule has 0 amide bonds. The smallest absolute Gasteiger partial charge is 0.0724 e. The highest BCUT2D eigenvalue weighted by molar-refractivity contribution is 6.31. The van der Waals surface area contributed by atoms with Gasteiger partial charge in [-0.3, -0.25) is 4.98 Å². The predicted octanol–water partition coefficient (Wildman–Crippen LogP) is 3.37. The second-order valence-electron chi connectivity index (χ2n) is 5.20. The summed E-state index contributed by atoms with van der Waals surface area (Å²) in [7, 11) is 0. The van der Waals surface area contributed by atoms with Crippen LogP contribution in [0.4, 0.5) is 5.69 Å². The lowest BCUT2D eigenvalue weighted by Gasteiger charge is -2.27. The first-order chi connectivity index (χ1) is 9.22. The van der Waals surface area contributed by atoms with Crippen LogP contribution in [0.3, 0.4) is 0 Å². The zero-order valence-corrected chi connectivity index (χ0v) is 11.5. The fourth-order valence-corrected chi connectivity index (χ4v) is 2.82. The molecule has 3 nitrogen and oxygen atoms in total. The number of fused-ring (bicyclic) bond motifs is 1. The first-order valence-corrected chi connectivity index (χ1v) is 7.08. The van der Waals surface area contributed by atoms with Crippen LogP contribution in [0.1, 0.15) is 25.7 Å². The number of pyridine rings is 1. The van der Waals surface area contributed by atoms with E-state index in [-0.39, 0.29) is 0 Å². The molecule has 0 atom stereocenters. The van der Waals surface area contributed by atoms with Crippen molar-refractivity contribution in [1.82, 2.24) is 4.98 Å². The zero-order valence-electron chi connectivity index (χ0n) is 10.7. The van der Waals surface area contributed by atoms with Gasteiger partial charge in [-0.2, -0.15) is 0 Å². The van der Waals surface area contributed by atoms with Gasteiger partial charge in [0.15, 0.2) is 0 Å². The second-order valence-corrected chi connectivity index (χ2v) is 5.63. The van der Waals surface area contributed by atoms with Gasteiger partial charge in [-0.25, -0.2) is 0 Å². The van der Waals surface area contributed by atoms with E-state index in [9.17, 15) is 0 Å². The van der Waals surface area contributed by atoms with Gasteiger partial charge in [0.05, 0.1) is 11.2 Å². The Morgan fingerprint density at radius 1 is 1.26 bits per heavy atom. The monoisotopic (exact) mass is 274 g/mol. The molecule has 0 bridgehead atoms. The lowest BCUT2D eigenvalue weighted by atomic mass is 9.91. The van der Waals surface area contributed by atoms with Crippen LogP contribution < -0.4 is 11.1 Å². The molecule has 1 fully saturated rings. The molecule has 1 aliphatic rings. The number of rotatable bonds is 2. The summed E-state index contributed by atoms with van der Waals surface area (Å²) in [5.74, 6) is 0. The molecule has 3 N–H and O–H groups in total. The van der Waals surface area contributed by atoms with Crippen molar-refractivity contribution in [3.63, 3.8) is 0 Å². The Morgan fingerprint density at radius 3 is 2.84 bits per heavy atom. The Balaban J connectivity index is 1.86. The summed E-state index contributed by atoms with van der Waals surface area (Å²) in [6.45, 7) is 0. The van der Waals surface area contributed by atoms with Gasteiger partial charge in [0.25, 0.3) is 0 Å². The van der Waals surface area contributed by atoms with Crippen LogP contribution in [-0.4, -0.2) is 17.1 Å². The maximum Gasteiger partial charge on any atom is 0.0724 e. The maximum atomic E-state index is 6.07. The normalized spacial score (nSPS) is 23.5. The molecule has 0 aliphatic heterocycles. The van der Waals surface area contributed by atoms with E-state index in [2.05, 4.69) is 16.4 Å². The van der Waals surface area contributed by atoms with Crippen LogP contribution in [0.5, 0.6) is 0 Å². The van der Waals surface area contributed by atoms with E-state index in [1.807, 2.05) is 18.2 Å². The van der Waals surface area contributed by atoms with E-state index in [1.54, 1.807) is 6.20 Å². The molecule has 1 aliphatic carbocycles. The minimum absolute atomic E-state index is 0.366. The van der Waals surface area contributed by atoms with Crippen molar-refractivity contribution in [2.45, 2.75) is 37.8 Å². The lowest BCUT2D eigenvalue weighted by Crippen LogP contribution is -2.32. The van der Waals surface area contributed by atoms with Gasteiger partial charge in [-0.05, 0) is 43.9 Å². The molecule has 0 spiro atoms.